The first-order valence-electron chi connectivity index (χ1n) is 5.03. The van der Waals surface area contributed by atoms with Crippen LogP contribution in [-0.2, 0) is 9.59 Å². The van der Waals surface area contributed by atoms with Crippen molar-refractivity contribution in [3.05, 3.63) is 0 Å². The summed E-state index contributed by atoms with van der Waals surface area (Å²) in [6.45, 7) is 5.72. The molecule has 0 aliphatic heterocycles. The van der Waals surface area contributed by atoms with Crippen LogP contribution >= 0.6 is 0 Å². The Labute approximate surface area is 84.7 Å². The van der Waals surface area contributed by atoms with Crippen molar-refractivity contribution in [1.29, 1.82) is 0 Å². The number of nitrogens with one attached hydrogen (secondary N) is 1. The van der Waals surface area contributed by atoms with Gasteiger partial charge in [0.05, 0.1) is 0 Å². The fraction of sp³-hybridized carbons (Fsp3) is 0.800. The topological polar surface area (TPSA) is 66.4 Å². The van der Waals surface area contributed by atoms with Crippen molar-refractivity contribution in [3.8, 4) is 0 Å². The second-order valence-corrected chi connectivity index (χ2v) is 3.58. The van der Waals surface area contributed by atoms with E-state index in [2.05, 4.69) is 5.32 Å². The predicted octanol–water partition coefficient (Wildman–Crippen LogP) is 1.40. The number of carboxylic acid groups (broad SMARTS) is 1. The highest BCUT2D eigenvalue weighted by Gasteiger charge is 2.18. The Morgan fingerprint density at radius 3 is 2.21 bits per heavy atom. The number of carbonyl (C=O) groups excluding carboxylic acids is 1. The molecule has 0 rings (SSSR count). The molecule has 0 fully saturated rings. The predicted molar refractivity (Wildman–Crippen MR) is 53.9 cm³/mol. The van der Waals surface area contributed by atoms with Gasteiger partial charge in [0, 0.05) is 6.42 Å². The van der Waals surface area contributed by atoms with E-state index >= 15 is 0 Å². The summed E-state index contributed by atoms with van der Waals surface area (Å²) in [5, 5.41) is 11.2. The van der Waals surface area contributed by atoms with Crippen molar-refractivity contribution in [2.75, 3.05) is 0 Å². The lowest BCUT2D eigenvalue weighted by Gasteiger charge is -2.14. The molecule has 0 aromatic carbocycles. The molecule has 0 saturated heterocycles. The van der Waals surface area contributed by atoms with Gasteiger partial charge in [-0.2, -0.15) is 0 Å². The lowest BCUT2D eigenvalue weighted by Crippen LogP contribution is -2.40. The van der Waals surface area contributed by atoms with Gasteiger partial charge in [-0.15, -0.1) is 0 Å². The van der Waals surface area contributed by atoms with Crippen molar-refractivity contribution < 1.29 is 14.7 Å². The van der Waals surface area contributed by atoms with Crippen molar-refractivity contribution in [2.45, 2.75) is 46.1 Å². The average Bonchev–Trinajstić information content (AvgIpc) is 2.13. The van der Waals surface area contributed by atoms with E-state index in [0.29, 0.717) is 18.8 Å². The number of amides is 1. The Balaban J connectivity index is 3.97. The monoisotopic (exact) mass is 201 g/mol. The maximum atomic E-state index is 11.3. The lowest BCUT2D eigenvalue weighted by atomic mass is 10.0. The van der Waals surface area contributed by atoms with Crippen molar-refractivity contribution in [2.24, 2.45) is 5.92 Å². The quantitative estimate of drug-likeness (QED) is 0.682. The molecule has 2 atom stereocenters. The molecule has 1 unspecified atom stereocenters. The number of hydrogen-bond donors (Lipinski definition) is 2. The summed E-state index contributed by atoms with van der Waals surface area (Å²) < 4.78 is 0. The van der Waals surface area contributed by atoms with Gasteiger partial charge in [-0.25, -0.2) is 4.79 Å². The number of carbonyl (C=O) groups is 2. The summed E-state index contributed by atoms with van der Waals surface area (Å²) in [5.74, 6) is -0.833. The second-order valence-electron chi connectivity index (χ2n) is 3.58. The number of carboxylic acids is 1. The van der Waals surface area contributed by atoms with Gasteiger partial charge in [0.15, 0.2) is 0 Å². The summed E-state index contributed by atoms with van der Waals surface area (Å²) in [6, 6.07) is -0.744. The van der Waals surface area contributed by atoms with Gasteiger partial charge in [0.25, 0.3) is 0 Å². The Morgan fingerprint density at radius 1 is 1.29 bits per heavy atom. The van der Waals surface area contributed by atoms with Crippen molar-refractivity contribution in [1.82, 2.24) is 5.32 Å². The van der Waals surface area contributed by atoms with E-state index in [1.54, 1.807) is 6.92 Å². The zero-order valence-corrected chi connectivity index (χ0v) is 9.04. The van der Waals surface area contributed by atoms with E-state index in [9.17, 15) is 9.59 Å². The molecule has 2 N–H and O–H groups in total. The molecule has 0 spiro atoms. The van der Waals surface area contributed by atoms with Gasteiger partial charge in [0.2, 0.25) is 5.91 Å². The van der Waals surface area contributed by atoms with Crippen LogP contribution in [0, 0.1) is 5.92 Å². The van der Waals surface area contributed by atoms with E-state index in [0.717, 1.165) is 6.42 Å². The van der Waals surface area contributed by atoms with E-state index in [1.807, 2.05) is 13.8 Å². The first-order chi connectivity index (χ1) is 6.51. The minimum Gasteiger partial charge on any atom is -0.480 e. The van der Waals surface area contributed by atoms with Crippen LogP contribution in [0.2, 0.25) is 0 Å². The summed E-state index contributed by atoms with van der Waals surface area (Å²) >= 11 is 0. The molecule has 1 amide bonds. The van der Waals surface area contributed by atoms with Gasteiger partial charge >= 0.3 is 5.97 Å². The second kappa shape index (κ2) is 6.40. The highest BCUT2D eigenvalue weighted by atomic mass is 16.4. The molecule has 14 heavy (non-hydrogen) atoms. The van der Waals surface area contributed by atoms with E-state index < -0.39 is 12.0 Å². The van der Waals surface area contributed by atoms with E-state index in [1.165, 1.54) is 0 Å². The van der Waals surface area contributed by atoms with Crippen LogP contribution in [0.1, 0.15) is 40.0 Å². The number of hydrogen-bond acceptors (Lipinski definition) is 2. The molecule has 4 heteroatoms. The van der Waals surface area contributed by atoms with E-state index in [4.69, 9.17) is 5.11 Å². The zero-order chi connectivity index (χ0) is 11.1. The Bertz CT molecular complexity index is 204. The van der Waals surface area contributed by atoms with Crippen molar-refractivity contribution in [3.63, 3.8) is 0 Å². The third kappa shape index (κ3) is 4.84. The lowest BCUT2D eigenvalue weighted by molar-refractivity contribution is -0.142. The SMILES string of the molecule is CCC(C)CC(=O)N[C@H](CC)C(=O)O. The third-order valence-electron chi connectivity index (χ3n) is 2.27. The molecule has 0 saturated carbocycles. The Kier molecular flexibility index (Phi) is 5.92. The summed E-state index contributed by atoms with van der Waals surface area (Å²) in [5.41, 5.74) is 0. The Hall–Kier alpha value is -1.06. The first-order valence-corrected chi connectivity index (χ1v) is 5.03. The van der Waals surface area contributed by atoms with Crippen LogP contribution in [0.25, 0.3) is 0 Å². The van der Waals surface area contributed by atoms with Crippen LogP contribution in [0.5, 0.6) is 0 Å². The molecule has 0 radical (unpaired) electrons. The highest BCUT2D eigenvalue weighted by molar-refractivity contribution is 5.83. The summed E-state index contributed by atoms with van der Waals surface area (Å²) in [7, 11) is 0. The molecule has 0 aliphatic rings. The molecular weight excluding hydrogens is 182 g/mol. The van der Waals surface area contributed by atoms with Crippen LogP contribution in [0.15, 0.2) is 0 Å². The average molecular weight is 201 g/mol. The molecule has 0 heterocycles. The normalized spacial score (nSPS) is 14.5. The minimum absolute atomic E-state index is 0.173. The molecule has 0 bridgehead atoms. The largest absolute Gasteiger partial charge is 0.480 e. The maximum Gasteiger partial charge on any atom is 0.326 e. The molecular formula is C10H19NO3. The van der Waals surface area contributed by atoms with Crippen molar-refractivity contribution >= 4 is 11.9 Å². The Morgan fingerprint density at radius 2 is 1.86 bits per heavy atom. The number of rotatable bonds is 6. The minimum atomic E-state index is -0.968. The molecule has 4 nitrogen and oxygen atoms in total. The van der Waals surface area contributed by atoms with Gasteiger partial charge < -0.3 is 10.4 Å². The van der Waals surface area contributed by atoms with Gasteiger partial charge in [-0.3, -0.25) is 4.79 Å². The fourth-order valence-electron chi connectivity index (χ4n) is 1.05. The third-order valence-corrected chi connectivity index (χ3v) is 2.27. The highest BCUT2D eigenvalue weighted by Crippen LogP contribution is 2.06. The fourth-order valence-corrected chi connectivity index (χ4v) is 1.05. The molecule has 0 aromatic heterocycles. The molecule has 0 aromatic rings. The van der Waals surface area contributed by atoms with Crippen LogP contribution in [-0.4, -0.2) is 23.0 Å². The smallest absolute Gasteiger partial charge is 0.326 e. The molecule has 82 valence electrons. The van der Waals surface area contributed by atoms with E-state index in [-0.39, 0.29) is 5.91 Å². The van der Waals surface area contributed by atoms with Gasteiger partial charge in [0.1, 0.15) is 6.04 Å². The van der Waals surface area contributed by atoms with Gasteiger partial charge in [-0.1, -0.05) is 27.2 Å². The first kappa shape index (κ1) is 12.9. The summed E-state index contributed by atoms with van der Waals surface area (Å²) in [4.78, 5) is 21.9. The van der Waals surface area contributed by atoms with Crippen LogP contribution in [0.3, 0.4) is 0 Å². The van der Waals surface area contributed by atoms with Crippen LogP contribution in [0.4, 0.5) is 0 Å². The van der Waals surface area contributed by atoms with Crippen LogP contribution < -0.4 is 5.32 Å². The standard InChI is InChI=1S/C10H19NO3/c1-4-7(3)6-9(12)11-8(5-2)10(13)14/h7-8H,4-6H2,1-3H3,(H,11,12)(H,13,14)/t7?,8-/m1/s1. The molecule has 0 aliphatic carbocycles. The number of aliphatic carboxylic acids is 1. The van der Waals surface area contributed by atoms with Gasteiger partial charge in [-0.05, 0) is 12.3 Å². The summed E-state index contributed by atoms with van der Waals surface area (Å²) in [6.07, 6.45) is 1.75. The zero-order valence-electron chi connectivity index (χ0n) is 9.04. The maximum absolute atomic E-state index is 11.3.